The van der Waals surface area contributed by atoms with Gasteiger partial charge < -0.3 is 10.4 Å². The number of nitrogens with one attached hydrogen (secondary N) is 1. The minimum Gasteiger partial charge on any atom is -0.478 e. The summed E-state index contributed by atoms with van der Waals surface area (Å²) in [4.78, 5) is 38.3. The zero-order valence-electron chi connectivity index (χ0n) is 21.7. The van der Waals surface area contributed by atoms with Gasteiger partial charge in [0.05, 0.1) is 16.1 Å². The zero-order valence-corrected chi connectivity index (χ0v) is 23.3. The fourth-order valence-electron chi connectivity index (χ4n) is 5.01. The monoisotopic (exact) mass is 566 g/mol. The Balaban J connectivity index is 1.54. The molecule has 1 fully saturated rings. The maximum absolute atomic E-state index is 13.5. The molecule has 4 rings (SSSR count). The second-order valence-corrected chi connectivity index (χ2v) is 11.7. The van der Waals surface area contributed by atoms with E-state index in [0.29, 0.717) is 34.9 Å². The first-order valence-electron chi connectivity index (χ1n) is 12.9. The SMILES string of the molecule is C=CC1=C(C/C=C(\C)Cl)N(S(=O)c2cccc(C(=O)Nc3ccc(C(=O)C4CCCC4)cc3C(=O)O)c2)CC1. The molecule has 1 heterocycles. The van der Waals surface area contributed by atoms with Crippen LogP contribution < -0.4 is 5.32 Å². The van der Waals surface area contributed by atoms with E-state index >= 15 is 0 Å². The van der Waals surface area contributed by atoms with E-state index in [1.807, 2.05) is 6.08 Å². The molecule has 0 bridgehead atoms. The van der Waals surface area contributed by atoms with Crippen molar-refractivity contribution in [3.05, 3.63) is 94.2 Å². The fourth-order valence-corrected chi connectivity index (χ4v) is 6.41. The van der Waals surface area contributed by atoms with Crippen LogP contribution >= 0.6 is 11.6 Å². The van der Waals surface area contributed by atoms with Crippen LogP contribution in [-0.2, 0) is 11.0 Å². The van der Waals surface area contributed by atoms with Gasteiger partial charge in [-0.1, -0.05) is 49.2 Å². The van der Waals surface area contributed by atoms with Crippen LogP contribution in [0, 0.1) is 5.92 Å². The van der Waals surface area contributed by atoms with Crippen molar-refractivity contribution in [2.75, 3.05) is 11.9 Å². The number of carbonyl (C=O) groups excluding carboxylic acids is 2. The summed E-state index contributed by atoms with van der Waals surface area (Å²) in [5, 5.41) is 13.1. The van der Waals surface area contributed by atoms with Crippen molar-refractivity contribution in [1.29, 1.82) is 0 Å². The summed E-state index contributed by atoms with van der Waals surface area (Å²) in [5.41, 5.74) is 2.37. The largest absolute Gasteiger partial charge is 0.478 e. The summed E-state index contributed by atoms with van der Waals surface area (Å²) in [6, 6.07) is 10.8. The lowest BCUT2D eigenvalue weighted by Crippen LogP contribution is -2.23. The van der Waals surface area contributed by atoms with E-state index in [1.165, 1.54) is 18.2 Å². The predicted molar refractivity (Wildman–Crippen MR) is 153 cm³/mol. The molecule has 0 aromatic heterocycles. The first kappa shape index (κ1) is 28.5. The second-order valence-electron chi connectivity index (χ2n) is 9.67. The number of Topliss-reactive ketones (excluding diaryl/α,β-unsaturated/α-hetero) is 1. The van der Waals surface area contributed by atoms with Gasteiger partial charge in [-0.05, 0) is 68.2 Å². The third kappa shape index (κ3) is 6.57. The molecule has 1 atom stereocenters. The molecule has 2 aromatic carbocycles. The lowest BCUT2D eigenvalue weighted by atomic mass is 9.94. The third-order valence-electron chi connectivity index (χ3n) is 7.09. The highest BCUT2D eigenvalue weighted by Crippen LogP contribution is 2.32. The van der Waals surface area contributed by atoms with Gasteiger partial charge in [0.15, 0.2) is 16.8 Å². The van der Waals surface area contributed by atoms with Gasteiger partial charge >= 0.3 is 5.97 Å². The molecule has 39 heavy (non-hydrogen) atoms. The molecule has 1 amide bonds. The number of aromatic carboxylic acids is 1. The van der Waals surface area contributed by atoms with E-state index in [2.05, 4.69) is 11.9 Å². The minimum absolute atomic E-state index is 0.0605. The van der Waals surface area contributed by atoms with Gasteiger partial charge in [0.25, 0.3) is 5.91 Å². The average molecular weight is 567 g/mol. The molecular weight excluding hydrogens is 536 g/mol. The topological polar surface area (TPSA) is 104 Å². The molecule has 1 unspecified atom stereocenters. The number of anilines is 1. The van der Waals surface area contributed by atoms with Gasteiger partial charge in [-0.2, -0.15) is 0 Å². The summed E-state index contributed by atoms with van der Waals surface area (Å²) in [5.74, 6) is -1.93. The van der Waals surface area contributed by atoms with Crippen LogP contribution in [0.2, 0.25) is 0 Å². The maximum atomic E-state index is 13.5. The zero-order chi connectivity index (χ0) is 28.1. The van der Waals surface area contributed by atoms with E-state index in [9.17, 15) is 23.7 Å². The van der Waals surface area contributed by atoms with Crippen LogP contribution in [0.25, 0.3) is 0 Å². The molecule has 0 radical (unpaired) electrons. The number of amides is 1. The molecule has 1 saturated carbocycles. The van der Waals surface area contributed by atoms with E-state index in [1.54, 1.807) is 41.6 Å². The Morgan fingerprint density at radius 1 is 1.15 bits per heavy atom. The number of nitrogens with zero attached hydrogens (tertiary/aromatic N) is 1. The third-order valence-corrected chi connectivity index (χ3v) is 8.70. The highest BCUT2D eigenvalue weighted by atomic mass is 35.5. The van der Waals surface area contributed by atoms with Crippen molar-refractivity contribution in [2.24, 2.45) is 5.92 Å². The molecule has 0 saturated heterocycles. The first-order valence-corrected chi connectivity index (χ1v) is 14.4. The van der Waals surface area contributed by atoms with Crippen molar-refractivity contribution < 1.29 is 23.7 Å². The average Bonchev–Trinajstić information content (AvgIpc) is 3.61. The van der Waals surface area contributed by atoms with Crippen molar-refractivity contribution >= 4 is 45.9 Å². The Morgan fingerprint density at radius 2 is 1.90 bits per heavy atom. The summed E-state index contributed by atoms with van der Waals surface area (Å²) < 4.78 is 15.3. The molecule has 7 nitrogen and oxygen atoms in total. The van der Waals surface area contributed by atoms with Crippen molar-refractivity contribution in [3.8, 4) is 0 Å². The van der Waals surface area contributed by atoms with Crippen LogP contribution in [-0.4, -0.2) is 37.8 Å². The lowest BCUT2D eigenvalue weighted by molar-refractivity contribution is 0.0698. The van der Waals surface area contributed by atoms with Crippen LogP contribution in [0.4, 0.5) is 5.69 Å². The van der Waals surface area contributed by atoms with Gasteiger partial charge in [-0.25, -0.2) is 9.00 Å². The molecule has 204 valence electrons. The van der Waals surface area contributed by atoms with Crippen LogP contribution in [0.15, 0.2) is 82.4 Å². The number of hydrogen-bond donors (Lipinski definition) is 2. The Kier molecular flexibility index (Phi) is 9.20. The minimum atomic E-state index is -1.58. The maximum Gasteiger partial charge on any atom is 0.337 e. The molecular formula is C30H31ClN2O5S. The highest BCUT2D eigenvalue weighted by molar-refractivity contribution is 7.82. The van der Waals surface area contributed by atoms with Gasteiger partial charge in [0.1, 0.15) is 0 Å². The quantitative estimate of drug-likeness (QED) is 0.311. The molecule has 2 N–H and O–H groups in total. The normalized spacial score (nSPS) is 16.9. The van der Waals surface area contributed by atoms with E-state index in [0.717, 1.165) is 37.0 Å². The lowest BCUT2D eigenvalue weighted by Gasteiger charge is -2.21. The van der Waals surface area contributed by atoms with E-state index in [4.69, 9.17) is 11.6 Å². The van der Waals surface area contributed by atoms with Crippen molar-refractivity contribution in [2.45, 2.75) is 50.3 Å². The Labute approximate surface area is 235 Å². The number of rotatable bonds is 10. The standard InChI is InChI=1S/C30H31ClN2O5S/c1-3-20-15-16-33(27(20)14-11-19(2)31)39(38)24-10-6-9-23(17-24)29(35)32-26-13-12-22(18-25(26)30(36)37)28(34)21-7-4-5-8-21/h3,6,9-13,17-18,21H,1,4-5,7-8,14-16H2,2H3,(H,32,35)(H,36,37)/b19-11+. The summed E-state index contributed by atoms with van der Waals surface area (Å²) in [6.45, 7) is 6.19. The molecule has 1 aliphatic carbocycles. The van der Waals surface area contributed by atoms with Crippen LogP contribution in [0.3, 0.4) is 0 Å². The Hall–Kier alpha value is -3.49. The Morgan fingerprint density at radius 3 is 2.56 bits per heavy atom. The van der Waals surface area contributed by atoms with Gasteiger partial charge in [0.2, 0.25) is 0 Å². The number of hydrogen-bond acceptors (Lipinski definition) is 4. The first-order chi connectivity index (χ1) is 18.7. The van der Waals surface area contributed by atoms with E-state index in [-0.39, 0.29) is 28.5 Å². The van der Waals surface area contributed by atoms with Gasteiger partial charge in [0, 0.05) is 40.7 Å². The number of halogens is 1. The van der Waals surface area contributed by atoms with Crippen molar-refractivity contribution in [1.82, 2.24) is 4.31 Å². The fraction of sp³-hybridized carbons (Fsp3) is 0.300. The van der Waals surface area contributed by atoms with E-state index < -0.39 is 22.9 Å². The summed E-state index contributed by atoms with van der Waals surface area (Å²) >= 11 is 6.02. The molecule has 1 aliphatic heterocycles. The molecule has 2 aromatic rings. The van der Waals surface area contributed by atoms with Crippen LogP contribution in [0.5, 0.6) is 0 Å². The molecule has 0 spiro atoms. The predicted octanol–water partition coefficient (Wildman–Crippen LogP) is 6.71. The Bertz CT molecular complexity index is 1400. The summed E-state index contributed by atoms with van der Waals surface area (Å²) in [6.07, 6.45) is 8.45. The highest BCUT2D eigenvalue weighted by Gasteiger charge is 2.27. The smallest absolute Gasteiger partial charge is 0.337 e. The number of carbonyl (C=O) groups is 3. The number of carboxylic acids is 1. The van der Waals surface area contributed by atoms with Crippen LogP contribution in [0.1, 0.15) is 76.5 Å². The number of ketones is 1. The number of carboxylic acid groups (broad SMARTS) is 1. The summed E-state index contributed by atoms with van der Waals surface area (Å²) in [7, 11) is -1.58. The number of benzene rings is 2. The van der Waals surface area contributed by atoms with Gasteiger partial charge in [-0.15, -0.1) is 0 Å². The molecule has 9 heteroatoms. The number of allylic oxidation sites excluding steroid dienone is 3. The second kappa shape index (κ2) is 12.6. The van der Waals surface area contributed by atoms with Crippen molar-refractivity contribution in [3.63, 3.8) is 0 Å². The molecule has 2 aliphatic rings. The van der Waals surface area contributed by atoms with Gasteiger partial charge in [-0.3, -0.25) is 13.9 Å².